The molecule has 1 aliphatic carbocycles. The minimum absolute atomic E-state index is 0.174. The van der Waals surface area contributed by atoms with Gasteiger partial charge in [0.1, 0.15) is 11.4 Å². The van der Waals surface area contributed by atoms with Crippen molar-refractivity contribution >= 4 is 32.9 Å². The number of nitrogens with zero attached hydrogens (tertiary/aromatic N) is 3. The molecular formula is C23H32BrN3O3. The first-order chi connectivity index (χ1) is 14.1. The fourth-order valence-corrected chi connectivity index (χ4v) is 5.73. The van der Waals surface area contributed by atoms with Crippen LogP contribution in [0.1, 0.15) is 59.4 Å². The van der Waals surface area contributed by atoms with Crippen molar-refractivity contribution in [3.63, 3.8) is 0 Å². The summed E-state index contributed by atoms with van der Waals surface area (Å²) in [6.07, 6.45) is 6.35. The van der Waals surface area contributed by atoms with E-state index in [1.165, 1.54) is 0 Å². The molecule has 164 valence electrons. The summed E-state index contributed by atoms with van der Waals surface area (Å²) in [5.41, 5.74) is 0.725. The van der Waals surface area contributed by atoms with Gasteiger partial charge in [-0.15, -0.1) is 0 Å². The summed E-state index contributed by atoms with van der Waals surface area (Å²) in [6, 6.07) is 4.44. The van der Waals surface area contributed by atoms with Crippen molar-refractivity contribution in [1.82, 2.24) is 14.7 Å². The van der Waals surface area contributed by atoms with Crippen molar-refractivity contribution in [2.24, 2.45) is 11.3 Å². The predicted octanol–water partition coefficient (Wildman–Crippen LogP) is 5.80. The van der Waals surface area contributed by atoms with Crippen molar-refractivity contribution in [2.75, 3.05) is 20.2 Å². The summed E-state index contributed by atoms with van der Waals surface area (Å²) in [4.78, 5) is 14.4. The Morgan fingerprint density at radius 1 is 1.30 bits per heavy atom. The van der Waals surface area contributed by atoms with Gasteiger partial charge in [0.2, 0.25) is 0 Å². The van der Waals surface area contributed by atoms with Gasteiger partial charge in [0.05, 0.1) is 23.1 Å². The lowest BCUT2D eigenvalue weighted by atomic mass is 9.67. The number of likely N-dealkylation sites (tertiary alicyclic amines) is 1. The SMILES string of the molecule is COc1cc2nn([C@@H]3CC[C@]4(CCN(C(=O)OC(C)(C)C)C4)C[C@@H]3C)cc2cc1Br. The van der Waals surface area contributed by atoms with E-state index in [4.69, 9.17) is 14.6 Å². The minimum Gasteiger partial charge on any atom is -0.495 e. The number of amides is 1. The number of halogens is 1. The number of hydrogen-bond donors (Lipinski definition) is 0. The minimum atomic E-state index is -0.447. The highest BCUT2D eigenvalue weighted by atomic mass is 79.9. The number of fused-ring (bicyclic) bond motifs is 1. The molecule has 0 bridgehead atoms. The lowest BCUT2D eigenvalue weighted by Crippen LogP contribution is -2.39. The van der Waals surface area contributed by atoms with Gasteiger partial charge < -0.3 is 14.4 Å². The van der Waals surface area contributed by atoms with Crippen LogP contribution in [0.3, 0.4) is 0 Å². The van der Waals surface area contributed by atoms with E-state index in [9.17, 15) is 4.79 Å². The summed E-state index contributed by atoms with van der Waals surface area (Å²) in [5, 5.41) is 5.98. The van der Waals surface area contributed by atoms with Gasteiger partial charge in [-0.25, -0.2) is 4.79 Å². The molecule has 0 radical (unpaired) electrons. The maximum atomic E-state index is 12.5. The largest absolute Gasteiger partial charge is 0.495 e. The van der Waals surface area contributed by atoms with Gasteiger partial charge >= 0.3 is 6.09 Å². The van der Waals surface area contributed by atoms with Crippen molar-refractivity contribution < 1.29 is 14.3 Å². The Labute approximate surface area is 187 Å². The van der Waals surface area contributed by atoms with Crippen LogP contribution >= 0.6 is 15.9 Å². The van der Waals surface area contributed by atoms with E-state index in [1.807, 2.05) is 31.7 Å². The van der Waals surface area contributed by atoms with Gasteiger partial charge in [0, 0.05) is 30.7 Å². The highest BCUT2D eigenvalue weighted by Crippen LogP contribution is 2.49. The van der Waals surface area contributed by atoms with Crippen LogP contribution in [0.5, 0.6) is 5.75 Å². The number of rotatable bonds is 2. The lowest BCUT2D eigenvalue weighted by Gasteiger charge is -2.41. The molecule has 1 saturated carbocycles. The Morgan fingerprint density at radius 2 is 2.07 bits per heavy atom. The summed E-state index contributed by atoms with van der Waals surface area (Å²) in [7, 11) is 1.67. The lowest BCUT2D eigenvalue weighted by molar-refractivity contribution is 0.0240. The number of benzene rings is 1. The first-order valence-electron chi connectivity index (χ1n) is 10.8. The standard InChI is InChI=1S/C23H32BrN3O3/c1-15-12-23(8-9-26(14-23)21(28)30-22(2,3)4)7-6-19(15)27-13-16-10-17(24)20(29-5)11-18(16)25-27/h10-11,13,15,19H,6-9,12,14H2,1-5H3/t15-,19+,23-/m0/s1. The summed E-state index contributed by atoms with van der Waals surface area (Å²) in [6.45, 7) is 9.70. The topological polar surface area (TPSA) is 56.6 Å². The average molecular weight is 478 g/mol. The van der Waals surface area contributed by atoms with Gasteiger partial charge in [-0.1, -0.05) is 6.92 Å². The van der Waals surface area contributed by atoms with Gasteiger partial charge in [-0.2, -0.15) is 5.10 Å². The molecule has 3 atom stereocenters. The number of ether oxygens (including phenoxy) is 2. The molecule has 2 fully saturated rings. The molecule has 1 amide bonds. The monoisotopic (exact) mass is 477 g/mol. The fraction of sp³-hybridized carbons (Fsp3) is 0.652. The number of hydrogen-bond acceptors (Lipinski definition) is 4. The molecule has 7 heteroatoms. The first-order valence-corrected chi connectivity index (χ1v) is 11.6. The van der Waals surface area contributed by atoms with Crippen LogP contribution in [-0.4, -0.2) is 46.6 Å². The molecule has 30 heavy (non-hydrogen) atoms. The quantitative estimate of drug-likeness (QED) is 0.548. The fourth-order valence-electron chi connectivity index (χ4n) is 5.21. The van der Waals surface area contributed by atoms with Crippen LogP contribution in [0.15, 0.2) is 22.8 Å². The molecule has 1 aromatic carbocycles. The molecular weight excluding hydrogens is 446 g/mol. The maximum absolute atomic E-state index is 12.5. The Kier molecular flexibility index (Phi) is 5.54. The molecule has 2 aliphatic rings. The Bertz CT molecular complexity index is 951. The molecule has 1 spiro atoms. The number of methoxy groups -OCH3 is 1. The molecule has 2 aromatic rings. The zero-order chi connectivity index (χ0) is 21.7. The third-order valence-electron chi connectivity index (χ3n) is 6.61. The molecule has 0 unspecified atom stereocenters. The van der Waals surface area contributed by atoms with E-state index < -0.39 is 5.60 Å². The Morgan fingerprint density at radius 3 is 2.73 bits per heavy atom. The smallest absolute Gasteiger partial charge is 0.410 e. The molecule has 6 nitrogen and oxygen atoms in total. The predicted molar refractivity (Wildman–Crippen MR) is 121 cm³/mol. The van der Waals surface area contributed by atoms with E-state index in [-0.39, 0.29) is 11.5 Å². The normalized spacial score (nSPS) is 27.1. The number of carbonyl (C=O) groups is 1. The van der Waals surface area contributed by atoms with Crippen molar-refractivity contribution in [3.05, 3.63) is 22.8 Å². The van der Waals surface area contributed by atoms with E-state index in [0.29, 0.717) is 12.0 Å². The van der Waals surface area contributed by atoms with Crippen LogP contribution in [0.2, 0.25) is 0 Å². The van der Waals surface area contributed by atoms with Crippen LogP contribution in [-0.2, 0) is 4.74 Å². The Hall–Kier alpha value is -1.76. The van der Waals surface area contributed by atoms with Gasteiger partial charge in [0.25, 0.3) is 0 Å². The summed E-state index contributed by atoms with van der Waals surface area (Å²) < 4.78 is 14.1. The van der Waals surface area contributed by atoms with E-state index in [0.717, 1.165) is 59.9 Å². The van der Waals surface area contributed by atoms with Gasteiger partial charge in [0.15, 0.2) is 0 Å². The highest BCUT2D eigenvalue weighted by Gasteiger charge is 2.46. The molecule has 1 aromatic heterocycles. The third-order valence-corrected chi connectivity index (χ3v) is 7.23. The second-order valence-electron chi connectivity index (χ2n) is 10.1. The highest BCUT2D eigenvalue weighted by molar-refractivity contribution is 9.10. The van der Waals surface area contributed by atoms with Crippen molar-refractivity contribution in [1.29, 1.82) is 0 Å². The number of aromatic nitrogens is 2. The zero-order valence-electron chi connectivity index (χ0n) is 18.6. The van der Waals surface area contributed by atoms with Crippen LogP contribution in [0, 0.1) is 11.3 Å². The molecule has 0 N–H and O–H groups in total. The maximum Gasteiger partial charge on any atom is 0.410 e. The molecule has 1 saturated heterocycles. The average Bonchev–Trinajstić information content (AvgIpc) is 3.24. The molecule has 1 aliphatic heterocycles. The van der Waals surface area contributed by atoms with Gasteiger partial charge in [-0.3, -0.25) is 4.68 Å². The summed E-state index contributed by atoms with van der Waals surface area (Å²) >= 11 is 3.57. The second-order valence-corrected chi connectivity index (χ2v) is 10.9. The van der Waals surface area contributed by atoms with E-state index >= 15 is 0 Å². The zero-order valence-corrected chi connectivity index (χ0v) is 20.2. The molecule has 4 rings (SSSR count). The summed E-state index contributed by atoms with van der Waals surface area (Å²) in [5.74, 6) is 1.30. The number of carbonyl (C=O) groups excluding carboxylic acids is 1. The van der Waals surface area contributed by atoms with Crippen LogP contribution < -0.4 is 4.74 Å². The Balaban J connectivity index is 1.46. The second kappa shape index (κ2) is 7.74. The third kappa shape index (κ3) is 4.18. The van der Waals surface area contributed by atoms with E-state index in [1.54, 1.807) is 7.11 Å². The van der Waals surface area contributed by atoms with E-state index in [2.05, 4.69) is 39.8 Å². The first kappa shape index (κ1) is 21.5. The van der Waals surface area contributed by atoms with Gasteiger partial charge in [-0.05, 0) is 79.8 Å². The van der Waals surface area contributed by atoms with Crippen molar-refractivity contribution in [3.8, 4) is 5.75 Å². The van der Waals surface area contributed by atoms with Crippen LogP contribution in [0.4, 0.5) is 4.79 Å². The van der Waals surface area contributed by atoms with Crippen LogP contribution in [0.25, 0.3) is 10.9 Å². The molecule has 2 heterocycles. The van der Waals surface area contributed by atoms with Crippen molar-refractivity contribution in [2.45, 2.75) is 65.0 Å².